The molecule has 0 unspecified atom stereocenters. The normalized spacial score (nSPS) is 7.43. The topological polar surface area (TPSA) is 0 Å². The molecule has 0 amide bonds. The first-order valence-corrected chi connectivity index (χ1v) is 7.94. The van der Waals surface area contributed by atoms with Gasteiger partial charge in [-0.3, -0.25) is 0 Å². The second kappa shape index (κ2) is 10.2. The van der Waals surface area contributed by atoms with Crippen LogP contribution in [0.2, 0.25) is 0 Å². The molecule has 0 aromatic heterocycles. The molecule has 0 aromatic carbocycles. The van der Waals surface area contributed by atoms with Gasteiger partial charge >= 0.3 is 25.6 Å². The number of hydrogen-bond acceptors (Lipinski definition) is 0. The van der Waals surface area contributed by atoms with Crippen LogP contribution < -0.4 is 0 Å². The van der Waals surface area contributed by atoms with Crippen LogP contribution in [-0.2, 0) is 0 Å². The van der Waals surface area contributed by atoms with E-state index in [-0.39, 0.29) is 0 Å². The van der Waals surface area contributed by atoms with E-state index >= 15 is 0 Å². The average molecular weight is 222 g/mol. The van der Waals surface area contributed by atoms with Crippen LogP contribution in [0.1, 0.15) is 0 Å². The molecule has 44 valence electrons. The van der Waals surface area contributed by atoms with Crippen LogP contribution in [0.4, 0.5) is 0 Å². The zero-order chi connectivity index (χ0) is 6.28. The Morgan fingerprint density at radius 1 is 1.43 bits per heavy atom. The number of halogens is 3. The van der Waals surface area contributed by atoms with Crippen LogP contribution in [0.5, 0.6) is 0 Å². The molecule has 0 aliphatic rings. The molecule has 0 rings (SSSR count). The van der Waals surface area contributed by atoms with Gasteiger partial charge in [-0.15, -0.1) is 29.8 Å². The van der Waals surface area contributed by atoms with Gasteiger partial charge < -0.3 is 0 Å². The van der Waals surface area contributed by atoms with Gasteiger partial charge in [-0.25, -0.2) is 0 Å². The molecule has 0 aliphatic heterocycles. The standard InChI is InChI=1S/C3H4Cl2.ClGeH3/c1-2-3(4)5;1-2/h2-3H,1H2;2H3. The van der Waals surface area contributed by atoms with E-state index in [0.29, 0.717) is 15.6 Å². The number of hydrogen-bond donors (Lipinski definition) is 0. The van der Waals surface area contributed by atoms with E-state index in [1.807, 2.05) is 0 Å². The fraction of sp³-hybridized carbons (Fsp3) is 0.333. The summed E-state index contributed by atoms with van der Waals surface area (Å²) in [6, 6.07) is 0. The van der Waals surface area contributed by atoms with Crippen LogP contribution in [0.15, 0.2) is 12.7 Å². The van der Waals surface area contributed by atoms with Crippen molar-refractivity contribution in [2.24, 2.45) is 0 Å². The molecule has 0 atom stereocenters. The van der Waals surface area contributed by atoms with Gasteiger partial charge in [-0.1, -0.05) is 6.08 Å². The summed E-state index contributed by atoms with van der Waals surface area (Å²) in [5, 5.41) is 0. The van der Waals surface area contributed by atoms with Gasteiger partial charge in [0, 0.05) is 0 Å². The Morgan fingerprint density at radius 2 is 1.57 bits per heavy atom. The molecule has 0 N–H and O–H groups in total. The third-order valence-corrected chi connectivity index (χ3v) is 0.535. The first-order valence-electron chi connectivity index (χ1n) is 1.56. The van der Waals surface area contributed by atoms with Crippen molar-refractivity contribution in [1.82, 2.24) is 0 Å². The molecule has 0 aliphatic carbocycles. The summed E-state index contributed by atoms with van der Waals surface area (Å²) in [5.74, 6) is 0. The molecule has 0 heterocycles. The minimum absolute atomic E-state index is 0.407. The van der Waals surface area contributed by atoms with Crippen molar-refractivity contribution in [3.8, 4) is 0 Å². The molecular weight excluding hydrogens is 215 g/mol. The van der Waals surface area contributed by atoms with Crippen LogP contribution in [0, 0.1) is 0 Å². The predicted molar refractivity (Wildman–Crippen MR) is 41.5 cm³/mol. The molecule has 0 saturated carbocycles. The molecule has 7 heavy (non-hydrogen) atoms. The van der Waals surface area contributed by atoms with E-state index < -0.39 is 4.84 Å². The van der Waals surface area contributed by atoms with Crippen molar-refractivity contribution >= 4 is 48.8 Å². The van der Waals surface area contributed by atoms with E-state index in [0.717, 1.165) is 0 Å². The van der Waals surface area contributed by atoms with Crippen molar-refractivity contribution in [2.45, 2.75) is 4.84 Å². The molecule has 0 aromatic rings. The second-order valence-electron chi connectivity index (χ2n) is 0.570. The quantitative estimate of drug-likeness (QED) is 0.358. The number of alkyl halides is 2. The molecule has 4 heteroatoms. The summed E-state index contributed by atoms with van der Waals surface area (Å²) < 4.78 is 0. The maximum atomic E-state index is 5.11. The third-order valence-electron chi connectivity index (χ3n) is 0.178. The molecule has 0 radical (unpaired) electrons. The summed E-state index contributed by atoms with van der Waals surface area (Å²) >= 11 is 10.8. The van der Waals surface area contributed by atoms with Crippen molar-refractivity contribution in [3.05, 3.63) is 12.7 Å². The molecule has 0 saturated heterocycles. The molecule has 0 bridgehead atoms. The Bertz CT molecular complexity index is 37.2. The fourth-order valence-corrected chi connectivity index (χ4v) is 0. The summed E-state index contributed by atoms with van der Waals surface area (Å²) in [6.45, 7) is 3.30. The van der Waals surface area contributed by atoms with Gasteiger partial charge in [-0.05, 0) is 0 Å². The van der Waals surface area contributed by atoms with Crippen molar-refractivity contribution < 1.29 is 0 Å². The van der Waals surface area contributed by atoms with E-state index in [2.05, 4.69) is 6.58 Å². The van der Waals surface area contributed by atoms with Gasteiger partial charge in [0.2, 0.25) is 0 Å². The summed E-state index contributed by atoms with van der Waals surface area (Å²) in [6.07, 6.45) is 1.45. The summed E-state index contributed by atoms with van der Waals surface area (Å²) in [4.78, 5) is -0.407. The minimum atomic E-state index is -0.407. The molecular formula is C3H7Cl3Ge. The Balaban J connectivity index is 0. The summed E-state index contributed by atoms with van der Waals surface area (Å²) in [5.41, 5.74) is 0. The Labute approximate surface area is 66.2 Å². The predicted octanol–water partition coefficient (Wildman–Crippen LogP) is 1.48. The van der Waals surface area contributed by atoms with Crippen molar-refractivity contribution in [1.29, 1.82) is 0 Å². The Morgan fingerprint density at radius 3 is 1.57 bits per heavy atom. The van der Waals surface area contributed by atoms with Gasteiger partial charge in [-0.2, -0.15) is 0 Å². The van der Waals surface area contributed by atoms with Gasteiger partial charge in [0.25, 0.3) is 0 Å². The first-order chi connectivity index (χ1) is 3.27. The molecule has 0 fully saturated rings. The Kier molecular flexibility index (Phi) is 16.1. The summed E-state index contributed by atoms with van der Waals surface area (Å²) in [7, 11) is 4.83. The maximum absolute atomic E-state index is 5.11. The fourth-order valence-electron chi connectivity index (χ4n) is 0. The van der Waals surface area contributed by atoms with Gasteiger partial charge in [0.15, 0.2) is 0 Å². The van der Waals surface area contributed by atoms with Crippen LogP contribution in [0.3, 0.4) is 0 Å². The second-order valence-corrected chi connectivity index (χ2v) is 1.73. The average Bonchev–Trinajstić information content (AvgIpc) is 1.73. The third kappa shape index (κ3) is 19.1. The van der Waals surface area contributed by atoms with Gasteiger partial charge in [0.05, 0.1) is 0 Å². The number of rotatable bonds is 1. The SMILES string of the molecule is C=CC(Cl)Cl.[Cl][GeH3]. The Hall–Kier alpha value is 1.15. The van der Waals surface area contributed by atoms with Crippen molar-refractivity contribution in [3.63, 3.8) is 0 Å². The first kappa shape index (κ1) is 11.0. The van der Waals surface area contributed by atoms with Crippen LogP contribution in [0.25, 0.3) is 0 Å². The van der Waals surface area contributed by atoms with Gasteiger partial charge in [0.1, 0.15) is 4.84 Å². The number of allylic oxidation sites excluding steroid dienone is 1. The molecule has 0 nitrogen and oxygen atoms in total. The van der Waals surface area contributed by atoms with Crippen LogP contribution in [-0.4, -0.2) is 20.4 Å². The zero-order valence-electron chi connectivity index (χ0n) is 4.00. The monoisotopic (exact) mass is 222 g/mol. The van der Waals surface area contributed by atoms with Crippen molar-refractivity contribution in [2.75, 3.05) is 0 Å². The van der Waals surface area contributed by atoms with E-state index in [1.54, 1.807) is 0 Å². The zero-order valence-corrected chi connectivity index (χ0v) is 10.5. The molecule has 0 spiro atoms. The van der Waals surface area contributed by atoms with E-state index in [1.165, 1.54) is 6.08 Å². The van der Waals surface area contributed by atoms with E-state index in [4.69, 9.17) is 33.2 Å². The van der Waals surface area contributed by atoms with Crippen LogP contribution >= 0.6 is 33.2 Å². The van der Waals surface area contributed by atoms with E-state index in [9.17, 15) is 0 Å².